The van der Waals surface area contributed by atoms with E-state index in [2.05, 4.69) is 22.0 Å². The first kappa shape index (κ1) is 27.4. The fourth-order valence-corrected chi connectivity index (χ4v) is 7.42. The van der Waals surface area contributed by atoms with Gasteiger partial charge in [0.05, 0.1) is 27.7 Å². The maximum absolute atomic E-state index is 13.6. The van der Waals surface area contributed by atoms with Crippen LogP contribution in [0.5, 0.6) is 17.2 Å². The van der Waals surface area contributed by atoms with Crippen LogP contribution in [-0.2, 0) is 11.4 Å². The average molecular weight is 594 g/mol. The molecule has 3 N–H and O–H groups in total. The maximum atomic E-state index is 13.6. The first-order chi connectivity index (χ1) is 21.0. The van der Waals surface area contributed by atoms with Gasteiger partial charge in [-0.2, -0.15) is 5.26 Å². The number of anilines is 1. The molecule has 3 atom stereocenters. The molecule has 2 saturated heterocycles. The number of piperidine rings is 1. The monoisotopic (exact) mass is 593 g/mol. The molecule has 1 aliphatic carbocycles. The highest BCUT2D eigenvalue weighted by Gasteiger charge is 2.51. The lowest BCUT2D eigenvalue weighted by molar-refractivity contribution is -0.121. The number of urea groups is 1. The van der Waals surface area contributed by atoms with Crippen LogP contribution in [0.1, 0.15) is 36.0 Å². The molecule has 0 spiro atoms. The third-order valence-electron chi connectivity index (χ3n) is 8.29. The molecule has 1 saturated carbocycles. The number of hydrogen-bond donors (Lipinski definition) is 3. The number of nitrogens with zero attached hydrogens (tertiary/aromatic N) is 2. The van der Waals surface area contributed by atoms with E-state index in [9.17, 15) is 14.9 Å². The summed E-state index contributed by atoms with van der Waals surface area (Å²) < 4.78 is 12.1. The minimum Gasteiger partial charge on any atom is -0.488 e. The summed E-state index contributed by atoms with van der Waals surface area (Å²) in [5.74, 6) is 2.08. The van der Waals surface area contributed by atoms with E-state index in [-0.39, 0.29) is 35.2 Å². The van der Waals surface area contributed by atoms with Crippen LogP contribution in [0, 0.1) is 30.1 Å². The van der Waals surface area contributed by atoms with Crippen LogP contribution in [-0.4, -0.2) is 29.9 Å². The van der Waals surface area contributed by atoms with Crippen molar-refractivity contribution in [3.05, 3.63) is 94.1 Å². The van der Waals surface area contributed by atoms with Gasteiger partial charge in [0, 0.05) is 17.5 Å². The van der Waals surface area contributed by atoms with E-state index in [1.807, 2.05) is 66.4 Å². The van der Waals surface area contributed by atoms with Crippen molar-refractivity contribution in [3.63, 3.8) is 0 Å². The van der Waals surface area contributed by atoms with Gasteiger partial charge in [0.15, 0.2) is 0 Å². The molecule has 3 amide bonds. The van der Waals surface area contributed by atoms with Gasteiger partial charge in [-0.25, -0.2) is 4.79 Å². The maximum Gasteiger partial charge on any atom is 0.326 e. The number of aryl methyl sites for hydroxylation is 1. The van der Waals surface area contributed by atoms with Crippen LogP contribution in [0.3, 0.4) is 0 Å². The summed E-state index contributed by atoms with van der Waals surface area (Å²) in [6, 6.07) is 22.5. The third kappa shape index (κ3) is 5.42. The van der Waals surface area contributed by atoms with Crippen LogP contribution in [0.15, 0.2) is 77.5 Å². The van der Waals surface area contributed by atoms with Gasteiger partial charge in [0.2, 0.25) is 5.91 Å². The molecule has 10 heteroatoms. The topological polar surface area (TPSA) is 116 Å². The lowest BCUT2D eigenvalue weighted by atomic mass is 9.86. The molecule has 0 radical (unpaired) electrons. The summed E-state index contributed by atoms with van der Waals surface area (Å²) in [7, 11) is 0. The van der Waals surface area contributed by atoms with Crippen molar-refractivity contribution in [1.82, 2.24) is 16.0 Å². The number of para-hydroxylation sites is 1. The van der Waals surface area contributed by atoms with E-state index < -0.39 is 0 Å². The number of amides is 3. The first-order valence-electron chi connectivity index (χ1n) is 14.5. The molecule has 43 heavy (non-hydrogen) atoms. The quantitative estimate of drug-likeness (QED) is 0.315. The number of benzene rings is 3. The van der Waals surface area contributed by atoms with Crippen LogP contribution in [0.25, 0.3) is 0 Å². The van der Waals surface area contributed by atoms with Crippen LogP contribution >= 0.6 is 11.8 Å². The van der Waals surface area contributed by atoms with Crippen molar-refractivity contribution in [3.8, 4) is 23.3 Å². The number of ether oxygens (including phenoxy) is 2. The van der Waals surface area contributed by atoms with E-state index in [1.54, 1.807) is 23.9 Å². The Morgan fingerprint density at radius 1 is 1.09 bits per heavy atom. The van der Waals surface area contributed by atoms with E-state index in [0.717, 1.165) is 53.3 Å². The highest BCUT2D eigenvalue weighted by molar-refractivity contribution is 8.03. The molecule has 3 aromatic carbocycles. The van der Waals surface area contributed by atoms with Gasteiger partial charge in [-0.3, -0.25) is 9.69 Å². The summed E-state index contributed by atoms with van der Waals surface area (Å²) in [5, 5.41) is 20.0. The number of rotatable bonds is 8. The lowest BCUT2D eigenvalue weighted by Gasteiger charge is -2.46. The number of carbonyl (C=O) groups is 2. The van der Waals surface area contributed by atoms with Crippen molar-refractivity contribution in [1.29, 1.82) is 5.26 Å². The molecule has 3 unspecified atom stereocenters. The summed E-state index contributed by atoms with van der Waals surface area (Å²) >= 11 is 1.61. The van der Waals surface area contributed by atoms with Crippen molar-refractivity contribution in [2.45, 2.75) is 44.2 Å². The van der Waals surface area contributed by atoms with Crippen LogP contribution < -0.4 is 30.3 Å². The molecule has 218 valence electrons. The van der Waals surface area contributed by atoms with Gasteiger partial charge >= 0.3 is 6.03 Å². The molecule has 3 heterocycles. The summed E-state index contributed by atoms with van der Waals surface area (Å²) in [5.41, 5.74) is 4.01. The Bertz CT molecular complexity index is 1680. The number of hydrogen-bond acceptors (Lipinski definition) is 7. The summed E-state index contributed by atoms with van der Waals surface area (Å²) in [6.45, 7) is 3.08. The fourth-order valence-electron chi connectivity index (χ4n) is 6.03. The Labute approximate surface area is 254 Å². The van der Waals surface area contributed by atoms with Gasteiger partial charge in [-0.15, -0.1) is 0 Å². The summed E-state index contributed by atoms with van der Waals surface area (Å²) in [4.78, 5) is 27.9. The Morgan fingerprint density at radius 2 is 1.93 bits per heavy atom. The Hall–Kier alpha value is -4.46. The molecule has 4 aliphatic rings. The van der Waals surface area contributed by atoms with E-state index in [4.69, 9.17) is 9.47 Å². The smallest absolute Gasteiger partial charge is 0.326 e. The SMILES string of the molecule is Cc1cc(Oc2cccc(COc3ccccc3C#N)c2)ccc1N1C(=O)NC2=C(NC(=O)C3CC3)SC3NCCC1C23. The van der Waals surface area contributed by atoms with E-state index in [0.29, 0.717) is 29.4 Å². The molecule has 7 rings (SSSR count). The number of nitriles is 1. The molecule has 0 aromatic heterocycles. The molecule has 3 fully saturated rings. The second-order valence-electron chi connectivity index (χ2n) is 11.3. The van der Waals surface area contributed by atoms with Crippen molar-refractivity contribution in [2.75, 3.05) is 11.4 Å². The zero-order chi connectivity index (χ0) is 29.5. The predicted octanol–water partition coefficient (Wildman–Crippen LogP) is 5.51. The van der Waals surface area contributed by atoms with Crippen molar-refractivity contribution in [2.24, 2.45) is 11.8 Å². The Kier molecular flexibility index (Phi) is 7.21. The fraction of sp³-hybridized carbons (Fsp3) is 0.303. The summed E-state index contributed by atoms with van der Waals surface area (Å²) in [6.07, 6.45) is 2.68. The van der Waals surface area contributed by atoms with Gasteiger partial charge < -0.3 is 25.4 Å². The van der Waals surface area contributed by atoms with E-state index >= 15 is 0 Å². The van der Waals surface area contributed by atoms with Crippen LogP contribution in [0.4, 0.5) is 10.5 Å². The molecule has 3 aromatic rings. The standard InChI is InChI=1S/C33H31N5O4S/c1-19-15-24(42-23-7-4-5-20(16-23)18-41-27-8-3-2-6-22(27)17-34)11-12-25(19)38-26-13-14-35-31-28(26)29(36-33(38)40)32(43-31)37-30(39)21-9-10-21/h2-8,11-12,15-16,21,26,28,31,35H,9-10,13-14,18H2,1H3,(H,36,40)(H,37,39). The average Bonchev–Trinajstić information content (AvgIpc) is 3.81. The number of nitrogens with one attached hydrogen (secondary N) is 3. The van der Waals surface area contributed by atoms with Gasteiger partial charge in [-0.05, 0) is 86.3 Å². The van der Waals surface area contributed by atoms with Crippen molar-refractivity contribution >= 4 is 29.4 Å². The normalized spacial score (nSPS) is 22.4. The second kappa shape index (κ2) is 11.3. The Morgan fingerprint density at radius 3 is 2.74 bits per heavy atom. The minimum atomic E-state index is -0.181. The second-order valence-corrected chi connectivity index (χ2v) is 12.4. The predicted molar refractivity (Wildman–Crippen MR) is 163 cm³/mol. The molecule has 0 bridgehead atoms. The molecule has 9 nitrogen and oxygen atoms in total. The van der Waals surface area contributed by atoms with E-state index in [1.165, 1.54) is 0 Å². The zero-order valence-electron chi connectivity index (χ0n) is 23.6. The van der Waals surface area contributed by atoms with Crippen molar-refractivity contribution < 1.29 is 19.1 Å². The zero-order valence-corrected chi connectivity index (χ0v) is 24.4. The highest BCUT2D eigenvalue weighted by Crippen LogP contribution is 2.48. The van der Waals surface area contributed by atoms with Gasteiger partial charge in [0.25, 0.3) is 0 Å². The number of thioether (sulfide) groups is 1. The third-order valence-corrected chi connectivity index (χ3v) is 9.56. The van der Waals surface area contributed by atoms with Gasteiger partial charge in [-0.1, -0.05) is 36.0 Å². The minimum absolute atomic E-state index is 0.0221. The highest BCUT2D eigenvalue weighted by atomic mass is 32.2. The largest absolute Gasteiger partial charge is 0.488 e. The molecule has 3 aliphatic heterocycles. The lowest BCUT2D eigenvalue weighted by Crippen LogP contribution is -2.62. The number of carbonyl (C=O) groups excluding carboxylic acids is 2. The van der Waals surface area contributed by atoms with Gasteiger partial charge in [0.1, 0.15) is 29.9 Å². The molecular weight excluding hydrogens is 562 g/mol. The Balaban J connectivity index is 1.07. The molecular formula is C33H31N5O4S. The van der Waals surface area contributed by atoms with Crippen LogP contribution in [0.2, 0.25) is 0 Å². The first-order valence-corrected chi connectivity index (χ1v) is 15.4.